The van der Waals surface area contributed by atoms with E-state index in [1.54, 1.807) is 14.2 Å². The third kappa shape index (κ3) is 2.52. The van der Waals surface area contributed by atoms with Crippen molar-refractivity contribution in [3.63, 3.8) is 0 Å². The average Bonchev–Trinajstić information content (AvgIpc) is 2.86. The Morgan fingerprint density at radius 1 is 1.29 bits per heavy atom. The minimum atomic E-state index is -0.312. The maximum atomic E-state index is 5.63. The standard InChI is InChI=1S/C12H17NO4/c1-14-9-4-3-8(5-10(9)15-2)11-7-16-12(6-13)17-11/h3-5,11-12H,6-7,13H2,1-2H3. The molecule has 17 heavy (non-hydrogen) atoms. The zero-order chi connectivity index (χ0) is 12.3. The summed E-state index contributed by atoms with van der Waals surface area (Å²) >= 11 is 0. The molecule has 1 fully saturated rings. The third-order valence-electron chi connectivity index (χ3n) is 2.72. The smallest absolute Gasteiger partial charge is 0.170 e. The number of hydrogen-bond acceptors (Lipinski definition) is 5. The molecule has 1 aromatic rings. The molecule has 0 bridgehead atoms. The highest BCUT2D eigenvalue weighted by molar-refractivity contribution is 5.43. The Balaban J connectivity index is 2.16. The number of nitrogens with two attached hydrogens (primary N) is 1. The summed E-state index contributed by atoms with van der Waals surface area (Å²) in [5.74, 6) is 1.38. The van der Waals surface area contributed by atoms with Gasteiger partial charge in [-0.15, -0.1) is 0 Å². The van der Waals surface area contributed by atoms with Crippen LogP contribution in [-0.2, 0) is 9.47 Å². The predicted octanol–water partition coefficient (Wildman–Crippen LogP) is 1.08. The molecule has 1 heterocycles. The van der Waals surface area contributed by atoms with Crippen LogP contribution in [0.2, 0.25) is 0 Å². The molecule has 2 unspecified atom stereocenters. The van der Waals surface area contributed by atoms with Gasteiger partial charge < -0.3 is 24.7 Å². The highest BCUT2D eigenvalue weighted by Crippen LogP contribution is 2.33. The van der Waals surface area contributed by atoms with Crippen LogP contribution in [-0.4, -0.2) is 33.7 Å². The Bertz CT molecular complexity index is 383. The molecule has 0 aromatic heterocycles. The molecule has 0 radical (unpaired) electrons. The van der Waals surface area contributed by atoms with Gasteiger partial charge in [-0.1, -0.05) is 6.07 Å². The fourth-order valence-electron chi connectivity index (χ4n) is 1.81. The van der Waals surface area contributed by atoms with Crippen LogP contribution in [0, 0.1) is 0 Å². The van der Waals surface area contributed by atoms with Crippen LogP contribution in [0.1, 0.15) is 11.7 Å². The van der Waals surface area contributed by atoms with Gasteiger partial charge in [0.25, 0.3) is 0 Å². The molecular weight excluding hydrogens is 222 g/mol. The number of ether oxygens (including phenoxy) is 4. The first kappa shape index (κ1) is 12.2. The molecule has 2 atom stereocenters. The zero-order valence-corrected chi connectivity index (χ0v) is 10.0. The van der Waals surface area contributed by atoms with Crippen LogP contribution >= 0.6 is 0 Å². The maximum Gasteiger partial charge on any atom is 0.170 e. The van der Waals surface area contributed by atoms with Gasteiger partial charge in [-0.25, -0.2) is 0 Å². The highest BCUT2D eigenvalue weighted by Gasteiger charge is 2.26. The summed E-state index contributed by atoms with van der Waals surface area (Å²) < 4.78 is 21.4. The predicted molar refractivity (Wildman–Crippen MR) is 62.2 cm³/mol. The second-order valence-corrected chi connectivity index (χ2v) is 3.74. The van der Waals surface area contributed by atoms with E-state index >= 15 is 0 Å². The van der Waals surface area contributed by atoms with E-state index in [4.69, 9.17) is 24.7 Å². The van der Waals surface area contributed by atoms with Crippen LogP contribution in [0.3, 0.4) is 0 Å². The summed E-state index contributed by atoms with van der Waals surface area (Å²) in [4.78, 5) is 0. The molecular formula is C12H17NO4. The first-order valence-corrected chi connectivity index (χ1v) is 5.47. The van der Waals surface area contributed by atoms with Crippen molar-refractivity contribution in [3.8, 4) is 11.5 Å². The second kappa shape index (κ2) is 5.35. The number of rotatable bonds is 4. The fourth-order valence-corrected chi connectivity index (χ4v) is 1.81. The molecule has 2 N–H and O–H groups in total. The molecule has 0 spiro atoms. The van der Waals surface area contributed by atoms with Crippen LogP contribution in [0.25, 0.3) is 0 Å². The summed E-state index contributed by atoms with van der Waals surface area (Å²) in [6.45, 7) is 0.876. The van der Waals surface area contributed by atoms with Crippen molar-refractivity contribution in [3.05, 3.63) is 23.8 Å². The minimum Gasteiger partial charge on any atom is -0.493 e. The minimum absolute atomic E-state index is 0.0941. The largest absolute Gasteiger partial charge is 0.493 e. The van der Waals surface area contributed by atoms with Gasteiger partial charge in [0.05, 0.1) is 20.8 Å². The molecule has 0 aliphatic carbocycles. The fraction of sp³-hybridized carbons (Fsp3) is 0.500. The second-order valence-electron chi connectivity index (χ2n) is 3.74. The number of methoxy groups -OCH3 is 2. The molecule has 1 aliphatic rings. The van der Waals surface area contributed by atoms with Crippen molar-refractivity contribution >= 4 is 0 Å². The van der Waals surface area contributed by atoms with Crippen LogP contribution in [0.4, 0.5) is 0 Å². The molecule has 2 rings (SSSR count). The van der Waals surface area contributed by atoms with Crippen molar-refractivity contribution in [1.82, 2.24) is 0 Å². The molecule has 1 saturated heterocycles. The van der Waals surface area contributed by atoms with Gasteiger partial charge in [-0.3, -0.25) is 0 Å². The van der Waals surface area contributed by atoms with Gasteiger partial charge in [-0.2, -0.15) is 0 Å². The Morgan fingerprint density at radius 2 is 2.06 bits per heavy atom. The van der Waals surface area contributed by atoms with Crippen molar-refractivity contribution < 1.29 is 18.9 Å². The topological polar surface area (TPSA) is 62.9 Å². The Hall–Kier alpha value is -1.30. The van der Waals surface area contributed by atoms with Crippen LogP contribution in [0.5, 0.6) is 11.5 Å². The van der Waals surface area contributed by atoms with Gasteiger partial charge in [0, 0.05) is 6.54 Å². The summed E-state index contributed by atoms with van der Waals surface area (Å²) in [5, 5.41) is 0. The first-order valence-electron chi connectivity index (χ1n) is 5.47. The van der Waals surface area contributed by atoms with E-state index in [2.05, 4.69) is 0 Å². The molecule has 0 saturated carbocycles. The Labute approximate surface area is 100 Å². The molecule has 5 nitrogen and oxygen atoms in total. The molecule has 94 valence electrons. The van der Waals surface area contributed by atoms with E-state index in [1.165, 1.54) is 0 Å². The van der Waals surface area contributed by atoms with Gasteiger partial charge >= 0.3 is 0 Å². The van der Waals surface area contributed by atoms with Crippen LogP contribution < -0.4 is 15.2 Å². The van der Waals surface area contributed by atoms with E-state index in [0.29, 0.717) is 24.7 Å². The molecule has 1 aromatic carbocycles. The molecule has 5 heteroatoms. The lowest BCUT2D eigenvalue weighted by atomic mass is 10.1. The lowest BCUT2D eigenvalue weighted by molar-refractivity contribution is -0.0497. The Morgan fingerprint density at radius 3 is 2.65 bits per heavy atom. The normalized spacial score (nSPS) is 23.7. The first-order chi connectivity index (χ1) is 8.28. The van der Waals surface area contributed by atoms with E-state index in [1.807, 2.05) is 18.2 Å². The van der Waals surface area contributed by atoms with Crippen molar-refractivity contribution in [2.45, 2.75) is 12.4 Å². The van der Waals surface area contributed by atoms with E-state index in [0.717, 1.165) is 5.56 Å². The number of benzene rings is 1. The van der Waals surface area contributed by atoms with Gasteiger partial charge in [0.2, 0.25) is 0 Å². The van der Waals surface area contributed by atoms with Crippen LogP contribution in [0.15, 0.2) is 18.2 Å². The van der Waals surface area contributed by atoms with E-state index < -0.39 is 0 Å². The van der Waals surface area contributed by atoms with Crippen molar-refractivity contribution in [1.29, 1.82) is 0 Å². The zero-order valence-electron chi connectivity index (χ0n) is 10.0. The van der Waals surface area contributed by atoms with Crippen molar-refractivity contribution in [2.75, 3.05) is 27.4 Å². The highest BCUT2D eigenvalue weighted by atomic mass is 16.7. The lowest BCUT2D eigenvalue weighted by Gasteiger charge is -2.13. The monoisotopic (exact) mass is 239 g/mol. The Kier molecular flexibility index (Phi) is 3.83. The van der Waals surface area contributed by atoms with Gasteiger partial charge in [-0.05, 0) is 17.7 Å². The quantitative estimate of drug-likeness (QED) is 0.851. The third-order valence-corrected chi connectivity index (χ3v) is 2.72. The molecule has 1 aliphatic heterocycles. The lowest BCUT2D eigenvalue weighted by Crippen LogP contribution is -2.20. The van der Waals surface area contributed by atoms with Crippen molar-refractivity contribution in [2.24, 2.45) is 5.73 Å². The summed E-state index contributed by atoms with van der Waals surface area (Å²) in [5.41, 5.74) is 6.48. The molecule has 0 amide bonds. The summed E-state index contributed by atoms with van der Waals surface area (Å²) in [6.07, 6.45) is -0.406. The summed E-state index contributed by atoms with van der Waals surface area (Å²) in [7, 11) is 3.22. The van der Waals surface area contributed by atoms with E-state index in [-0.39, 0.29) is 12.4 Å². The maximum absolute atomic E-state index is 5.63. The SMILES string of the molecule is COc1ccc(C2COC(CN)O2)cc1OC. The van der Waals surface area contributed by atoms with E-state index in [9.17, 15) is 0 Å². The number of hydrogen-bond donors (Lipinski definition) is 1. The average molecular weight is 239 g/mol. The summed E-state index contributed by atoms with van der Waals surface area (Å²) in [6, 6.07) is 5.69. The van der Waals surface area contributed by atoms with Gasteiger partial charge in [0.15, 0.2) is 17.8 Å². The van der Waals surface area contributed by atoms with Gasteiger partial charge in [0.1, 0.15) is 6.10 Å².